The summed E-state index contributed by atoms with van der Waals surface area (Å²) >= 11 is 0. The maximum absolute atomic E-state index is 14.8. The van der Waals surface area contributed by atoms with Crippen LogP contribution < -0.4 is 4.74 Å². The van der Waals surface area contributed by atoms with Crippen LogP contribution in [-0.4, -0.2) is 39.4 Å². The number of unbranched alkanes of at least 4 members (excludes halogenated alkanes) is 1. The molecule has 1 atom stereocenters. The number of aryl methyl sites for hydroxylation is 1. The molecule has 0 aliphatic rings. The Hall–Kier alpha value is -3.88. The Kier molecular flexibility index (Phi) is 12.6. The van der Waals surface area contributed by atoms with Crippen LogP contribution in [0.3, 0.4) is 0 Å². The Morgan fingerprint density at radius 3 is 2.43 bits per heavy atom. The van der Waals surface area contributed by atoms with Crippen molar-refractivity contribution in [1.29, 1.82) is 0 Å². The van der Waals surface area contributed by atoms with Crippen LogP contribution in [0.25, 0.3) is 16.7 Å². The minimum Gasteiger partial charge on any atom is -0.491 e. The van der Waals surface area contributed by atoms with Crippen LogP contribution in [0.5, 0.6) is 5.75 Å². The van der Waals surface area contributed by atoms with Gasteiger partial charge in [-0.05, 0) is 84.5 Å². The molecule has 0 amide bonds. The highest BCUT2D eigenvalue weighted by Gasteiger charge is 2.12. The number of nitrogens with zero attached hydrogens (tertiary/aromatic N) is 2. The van der Waals surface area contributed by atoms with Crippen molar-refractivity contribution in [3.05, 3.63) is 108 Å². The molecule has 4 aromatic rings. The monoisotopic (exact) mass is 616 g/mol. The Morgan fingerprint density at radius 1 is 0.955 bits per heavy atom. The van der Waals surface area contributed by atoms with E-state index in [9.17, 15) is 13.4 Å². The molecule has 0 N–H and O–H groups in total. The lowest BCUT2D eigenvalue weighted by molar-refractivity contribution is -0.113. The number of rotatable bonds is 17. The standard InChI is InChI=1S/C36H41FN2O4S/c1-4-6-18-42-19-20-43-33-12-9-29(10-13-33)30-11-16-36(37)35(23-30)27(3)21-32(40)22-28-7-14-34(15-8-28)44(41)25-31-24-38-26-39(31)17-5-2/h7-16,21,23-24,26H,4-6,17-20,22,25H2,1-3H3/b27-21+/t44-/m1/s1. The normalized spacial score (nSPS) is 12.3. The minimum absolute atomic E-state index is 0.134. The van der Waals surface area contributed by atoms with E-state index in [1.165, 1.54) is 12.1 Å². The second-order valence-electron chi connectivity index (χ2n) is 10.7. The summed E-state index contributed by atoms with van der Waals surface area (Å²) in [4.78, 5) is 17.8. The molecule has 0 aliphatic heterocycles. The van der Waals surface area contributed by atoms with Crippen molar-refractivity contribution in [2.24, 2.45) is 0 Å². The Balaban J connectivity index is 1.35. The fraction of sp³-hybridized carbons (Fsp3) is 0.333. The van der Waals surface area contributed by atoms with Gasteiger partial charge in [0.05, 0.1) is 35.2 Å². The van der Waals surface area contributed by atoms with Crippen molar-refractivity contribution in [2.75, 3.05) is 19.8 Å². The molecule has 0 bridgehead atoms. The molecule has 44 heavy (non-hydrogen) atoms. The van der Waals surface area contributed by atoms with E-state index in [4.69, 9.17) is 9.47 Å². The van der Waals surface area contributed by atoms with E-state index in [0.717, 1.165) is 60.5 Å². The van der Waals surface area contributed by atoms with Gasteiger partial charge in [0.1, 0.15) is 18.2 Å². The first kappa shape index (κ1) is 33.0. The van der Waals surface area contributed by atoms with E-state index in [-0.39, 0.29) is 18.0 Å². The third kappa shape index (κ3) is 9.56. The number of ketones is 1. The van der Waals surface area contributed by atoms with Crippen molar-refractivity contribution >= 4 is 22.2 Å². The zero-order valence-electron chi connectivity index (χ0n) is 25.8. The molecular formula is C36H41FN2O4S. The van der Waals surface area contributed by atoms with E-state index in [2.05, 4.69) is 18.8 Å². The van der Waals surface area contributed by atoms with Crippen molar-refractivity contribution in [1.82, 2.24) is 9.55 Å². The molecule has 0 unspecified atom stereocenters. The van der Waals surface area contributed by atoms with E-state index < -0.39 is 10.8 Å². The second-order valence-corrected chi connectivity index (χ2v) is 12.2. The van der Waals surface area contributed by atoms with Gasteiger partial charge in [0.15, 0.2) is 5.78 Å². The summed E-state index contributed by atoms with van der Waals surface area (Å²) in [6.07, 6.45) is 8.31. The van der Waals surface area contributed by atoms with Crippen LogP contribution in [0.15, 0.2) is 90.2 Å². The molecule has 8 heteroatoms. The van der Waals surface area contributed by atoms with Gasteiger partial charge in [-0.15, -0.1) is 0 Å². The molecule has 0 saturated heterocycles. The van der Waals surface area contributed by atoms with Crippen LogP contribution in [0.4, 0.5) is 4.39 Å². The summed E-state index contributed by atoms with van der Waals surface area (Å²) in [6, 6.07) is 19.8. The van der Waals surface area contributed by atoms with Crippen LogP contribution in [-0.2, 0) is 39.0 Å². The van der Waals surface area contributed by atoms with Crippen molar-refractivity contribution in [2.45, 2.75) is 63.6 Å². The quantitative estimate of drug-likeness (QED) is 0.0894. The molecule has 6 nitrogen and oxygen atoms in total. The lowest BCUT2D eigenvalue weighted by atomic mass is 9.97. The smallest absolute Gasteiger partial charge is 0.160 e. The van der Waals surface area contributed by atoms with Gasteiger partial charge in [-0.1, -0.05) is 50.6 Å². The number of hydrogen-bond acceptors (Lipinski definition) is 5. The number of carbonyl (C=O) groups is 1. The van der Waals surface area contributed by atoms with Gasteiger partial charge in [0.2, 0.25) is 0 Å². The number of imidazole rings is 1. The topological polar surface area (TPSA) is 70.4 Å². The molecule has 0 fully saturated rings. The number of carbonyl (C=O) groups excluding carboxylic acids is 1. The molecule has 0 spiro atoms. The maximum Gasteiger partial charge on any atom is 0.160 e. The van der Waals surface area contributed by atoms with Gasteiger partial charge in [-0.25, -0.2) is 9.37 Å². The third-order valence-corrected chi connectivity index (χ3v) is 8.56. The summed E-state index contributed by atoms with van der Waals surface area (Å²) in [5, 5.41) is 0. The average molecular weight is 617 g/mol. The van der Waals surface area contributed by atoms with E-state index in [0.29, 0.717) is 35.0 Å². The summed E-state index contributed by atoms with van der Waals surface area (Å²) in [5.74, 6) is 0.614. The van der Waals surface area contributed by atoms with Crippen molar-refractivity contribution < 1.29 is 22.9 Å². The lowest BCUT2D eigenvalue weighted by Gasteiger charge is -2.10. The van der Waals surface area contributed by atoms with E-state index >= 15 is 0 Å². The Bertz CT molecular complexity index is 1560. The Labute approximate surface area is 262 Å². The van der Waals surface area contributed by atoms with Crippen LogP contribution in [0, 0.1) is 5.82 Å². The highest BCUT2D eigenvalue weighted by atomic mass is 32.2. The van der Waals surface area contributed by atoms with Gasteiger partial charge in [0.25, 0.3) is 0 Å². The third-order valence-electron chi connectivity index (χ3n) is 7.20. The molecule has 1 heterocycles. The molecule has 232 valence electrons. The van der Waals surface area contributed by atoms with Crippen molar-refractivity contribution in [3.63, 3.8) is 0 Å². The van der Waals surface area contributed by atoms with E-state index in [1.807, 2.05) is 41.0 Å². The summed E-state index contributed by atoms with van der Waals surface area (Å²) in [5.41, 5.74) is 4.44. The minimum atomic E-state index is -1.22. The number of ether oxygens (including phenoxy) is 2. The van der Waals surface area contributed by atoms with E-state index in [1.54, 1.807) is 43.7 Å². The molecule has 1 aromatic heterocycles. The van der Waals surface area contributed by atoms with Gasteiger partial charge < -0.3 is 14.0 Å². The number of halogens is 1. The molecule has 0 saturated carbocycles. The molecule has 4 rings (SSSR count). The first-order chi connectivity index (χ1) is 21.4. The molecule has 3 aromatic carbocycles. The molecule has 0 radical (unpaired) electrons. The SMILES string of the molecule is CCCCOCCOc1ccc(-c2ccc(F)c(/C(C)=C/C(=O)Cc3ccc([S@](=O)Cc4cncn4CCC)cc3)c2)cc1. The summed E-state index contributed by atoms with van der Waals surface area (Å²) in [6.45, 7) is 8.58. The average Bonchev–Trinajstić information content (AvgIpc) is 3.46. The van der Waals surface area contributed by atoms with Gasteiger partial charge in [-0.2, -0.15) is 0 Å². The predicted molar refractivity (Wildman–Crippen MR) is 174 cm³/mol. The second kappa shape index (κ2) is 16.8. The number of benzene rings is 3. The zero-order chi connectivity index (χ0) is 31.3. The number of allylic oxidation sites excluding steroid dienone is 2. The van der Waals surface area contributed by atoms with Gasteiger partial charge >= 0.3 is 0 Å². The Morgan fingerprint density at radius 2 is 1.70 bits per heavy atom. The van der Waals surface area contributed by atoms with Gasteiger partial charge in [-0.3, -0.25) is 9.00 Å². The maximum atomic E-state index is 14.8. The summed E-state index contributed by atoms with van der Waals surface area (Å²) < 4.78 is 41.1. The molecular weight excluding hydrogens is 575 g/mol. The first-order valence-corrected chi connectivity index (χ1v) is 16.5. The first-order valence-electron chi connectivity index (χ1n) is 15.2. The number of hydrogen-bond donors (Lipinski definition) is 0. The molecule has 0 aliphatic carbocycles. The largest absolute Gasteiger partial charge is 0.491 e. The highest BCUT2D eigenvalue weighted by Crippen LogP contribution is 2.28. The summed E-state index contributed by atoms with van der Waals surface area (Å²) in [7, 11) is -1.22. The van der Waals surface area contributed by atoms with Crippen LogP contribution in [0.1, 0.15) is 56.9 Å². The predicted octanol–water partition coefficient (Wildman–Crippen LogP) is 7.82. The van der Waals surface area contributed by atoms with Crippen molar-refractivity contribution in [3.8, 4) is 16.9 Å². The van der Waals surface area contributed by atoms with Crippen LogP contribution in [0.2, 0.25) is 0 Å². The van der Waals surface area contributed by atoms with Gasteiger partial charge in [0, 0.05) is 36.2 Å². The fourth-order valence-corrected chi connectivity index (χ4v) is 5.89. The number of aromatic nitrogens is 2. The lowest BCUT2D eigenvalue weighted by Crippen LogP contribution is -2.07. The zero-order valence-corrected chi connectivity index (χ0v) is 26.6. The highest BCUT2D eigenvalue weighted by molar-refractivity contribution is 7.84. The van der Waals surface area contributed by atoms with Crippen LogP contribution >= 0.6 is 0 Å². The fourth-order valence-electron chi connectivity index (χ4n) is 4.78.